The lowest BCUT2D eigenvalue weighted by molar-refractivity contribution is -0.274. The molecule has 0 aliphatic heterocycles. The molecule has 1 atom stereocenters. The molecule has 162 valence electrons. The van der Waals surface area contributed by atoms with Gasteiger partial charge in [-0.3, -0.25) is 19.6 Å². The maximum absolute atomic E-state index is 12.6. The lowest BCUT2D eigenvalue weighted by Gasteiger charge is -2.17. The lowest BCUT2D eigenvalue weighted by atomic mass is 10.1. The molecule has 0 fully saturated rings. The molecular formula is C19H15ClF3N5O3. The number of carbonyl (C=O) groups is 1. The van der Waals surface area contributed by atoms with Gasteiger partial charge in [0.25, 0.3) is 11.5 Å². The van der Waals surface area contributed by atoms with E-state index in [1.54, 1.807) is 6.92 Å². The molecule has 31 heavy (non-hydrogen) atoms. The maximum Gasteiger partial charge on any atom is 0.573 e. The average molecular weight is 454 g/mol. The first-order valence-electron chi connectivity index (χ1n) is 8.76. The van der Waals surface area contributed by atoms with Crippen LogP contribution in [0.5, 0.6) is 5.75 Å². The SMILES string of the molecule is CC(NC(=O)c1cc(Cl)cc(OC(F)(F)F)c1)c1nccnc1-c1ccc(=O)n(C)n1. The summed E-state index contributed by atoms with van der Waals surface area (Å²) in [6.07, 6.45) is -2.08. The molecule has 1 amide bonds. The van der Waals surface area contributed by atoms with E-state index in [1.165, 1.54) is 37.6 Å². The Labute approximate surface area is 178 Å². The van der Waals surface area contributed by atoms with E-state index in [4.69, 9.17) is 11.6 Å². The summed E-state index contributed by atoms with van der Waals surface area (Å²) >= 11 is 5.82. The van der Waals surface area contributed by atoms with Crippen LogP contribution in [0, 0.1) is 0 Å². The number of amides is 1. The van der Waals surface area contributed by atoms with Crippen molar-refractivity contribution >= 4 is 17.5 Å². The van der Waals surface area contributed by atoms with Gasteiger partial charge in [-0.05, 0) is 31.2 Å². The number of rotatable bonds is 5. The first-order chi connectivity index (χ1) is 14.5. The van der Waals surface area contributed by atoms with Crippen LogP contribution in [0.1, 0.15) is 29.0 Å². The number of hydrogen-bond donors (Lipinski definition) is 1. The number of benzene rings is 1. The predicted molar refractivity (Wildman–Crippen MR) is 105 cm³/mol. The van der Waals surface area contributed by atoms with Gasteiger partial charge in [0.05, 0.1) is 11.7 Å². The van der Waals surface area contributed by atoms with Crippen molar-refractivity contribution in [3.63, 3.8) is 0 Å². The molecule has 2 aromatic heterocycles. The van der Waals surface area contributed by atoms with E-state index in [1.807, 2.05) is 0 Å². The van der Waals surface area contributed by atoms with Crippen LogP contribution in [0.3, 0.4) is 0 Å². The Kier molecular flexibility index (Phi) is 6.25. The Morgan fingerprint density at radius 3 is 2.58 bits per heavy atom. The largest absolute Gasteiger partial charge is 0.573 e. The van der Waals surface area contributed by atoms with Crippen molar-refractivity contribution in [2.24, 2.45) is 7.05 Å². The van der Waals surface area contributed by atoms with Gasteiger partial charge in [0.1, 0.15) is 17.1 Å². The summed E-state index contributed by atoms with van der Waals surface area (Å²) in [6, 6.07) is 5.16. The minimum absolute atomic E-state index is 0.103. The van der Waals surface area contributed by atoms with Crippen molar-refractivity contribution < 1.29 is 22.7 Å². The fourth-order valence-corrected chi connectivity index (χ4v) is 2.95. The molecule has 0 spiro atoms. The van der Waals surface area contributed by atoms with E-state index in [-0.39, 0.29) is 16.1 Å². The number of aryl methyl sites for hydroxylation is 1. The highest BCUT2D eigenvalue weighted by atomic mass is 35.5. The standard InChI is InChI=1S/C19H15ClF3N5O3/c1-10(16-17(25-6-5-24-16)14-3-4-15(29)28(2)27-14)26-18(30)11-7-12(20)9-13(8-11)31-19(21,22)23/h3-10H,1-2H3,(H,26,30). The fourth-order valence-electron chi connectivity index (χ4n) is 2.73. The van der Waals surface area contributed by atoms with Crippen LogP contribution in [0.25, 0.3) is 11.4 Å². The highest BCUT2D eigenvalue weighted by molar-refractivity contribution is 6.31. The van der Waals surface area contributed by atoms with Crippen molar-refractivity contribution in [1.29, 1.82) is 0 Å². The second kappa shape index (κ2) is 8.72. The van der Waals surface area contributed by atoms with Gasteiger partial charge in [-0.1, -0.05) is 11.6 Å². The number of carbonyl (C=O) groups excluding carboxylic acids is 1. The molecular weight excluding hydrogens is 439 g/mol. The number of nitrogens with one attached hydrogen (secondary N) is 1. The van der Waals surface area contributed by atoms with Crippen LogP contribution in [0.15, 0.2) is 47.5 Å². The van der Waals surface area contributed by atoms with Crippen LogP contribution in [0.2, 0.25) is 5.02 Å². The van der Waals surface area contributed by atoms with Gasteiger partial charge in [-0.15, -0.1) is 13.2 Å². The summed E-state index contributed by atoms with van der Waals surface area (Å²) in [7, 11) is 1.48. The second-order valence-corrected chi connectivity index (χ2v) is 6.83. The Hall–Kier alpha value is -3.47. The number of alkyl halides is 3. The van der Waals surface area contributed by atoms with Gasteiger partial charge in [0, 0.05) is 36.1 Å². The lowest BCUT2D eigenvalue weighted by Crippen LogP contribution is -2.28. The van der Waals surface area contributed by atoms with Gasteiger partial charge >= 0.3 is 6.36 Å². The van der Waals surface area contributed by atoms with E-state index >= 15 is 0 Å². The third-order valence-electron chi connectivity index (χ3n) is 4.05. The summed E-state index contributed by atoms with van der Waals surface area (Å²) in [5, 5.41) is 6.66. The Bertz CT molecular complexity index is 1180. The number of ether oxygens (including phenoxy) is 1. The molecule has 3 rings (SSSR count). The summed E-state index contributed by atoms with van der Waals surface area (Å²) in [5.74, 6) is -1.32. The third-order valence-corrected chi connectivity index (χ3v) is 4.27. The van der Waals surface area contributed by atoms with Crippen molar-refractivity contribution in [2.45, 2.75) is 19.3 Å². The summed E-state index contributed by atoms with van der Waals surface area (Å²) in [6.45, 7) is 1.62. The zero-order valence-corrected chi connectivity index (χ0v) is 16.9. The molecule has 0 saturated carbocycles. The molecule has 0 radical (unpaired) electrons. The highest BCUT2D eigenvalue weighted by Gasteiger charge is 2.31. The zero-order chi connectivity index (χ0) is 22.8. The van der Waals surface area contributed by atoms with Crippen LogP contribution in [0.4, 0.5) is 13.2 Å². The van der Waals surface area contributed by atoms with Gasteiger partial charge in [0.2, 0.25) is 0 Å². The van der Waals surface area contributed by atoms with Crippen molar-refractivity contribution in [3.8, 4) is 17.1 Å². The average Bonchev–Trinajstić information content (AvgIpc) is 2.68. The molecule has 0 bridgehead atoms. The molecule has 1 unspecified atom stereocenters. The van der Waals surface area contributed by atoms with E-state index in [0.717, 1.165) is 16.8 Å². The van der Waals surface area contributed by atoms with Crippen LogP contribution < -0.4 is 15.6 Å². The van der Waals surface area contributed by atoms with Crippen LogP contribution in [-0.2, 0) is 7.05 Å². The Balaban J connectivity index is 1.87. The number of hydrogen-bond acceptors (Lipinski definition) is 6. The number of nitrogens with zero attached hydrogens (tertiary/aromatic N) is 4. The summed E-state index contributed by atoms with van der Waals surface area (Å²) < 4.78 is 42.4. The highest BCUT2D eigenvalue weighted by Crippen LogP contribution is 2.28. The fraction of sp³-hybridized carbons (Fsp3) is 0.211. The number of aromatic nitrogens is 4. The molecule has 1 aromatic carbocycles. The minimum Gasteiger partial charge on any atom is -0.406 e. The van der Waals surface area contributed by atoms with E-state index in [2.05, 4.69) is 25.1 Å². The molecule has 3 aromatic rings. The smallest absolute Gasteiger partial charge is 0.406 e. The first-order valence-corrected chi connectivity index (χ1v) is 9.14. The summed E-state index contributed by atoms with van der Waals surface area (Å²) in [5.41, 5.74) is 0.585. The topological polar surface area (TPSA) is 99.0 Å². The molecule has 1 N–H and O–H groups in total. The van der Waals surface area contributed by atoms with E-state index in [0.29, 0.717) is 17.1 Å². The van der Waals surface area contributed by atoms with Crippen molar-refractivity contribution in [2.75, 3.05) is 0 Å². The number of halogens is 4. The molecule has 12 heteroatoms. The van der Waals surface area contributed by atoms with Gasteiger partial charge in [-0.2, -0.15) is 5.10 Å². The molecule has 0 aliphatic carbocycles. The molecule has 8 nitrogen and oxygen atoms in total. The monoisotopic (exact) mass is 453 g/mol. The maximum atomic E-state index is 12.6. The quantitative estimate of drug-likeness (QED) is 0.636. The molecule has 0 saturated heterocycles. The van der Waals surface area contributed by atoms with Gasteiger partial charge in [0.15, 0.2) is 0 Å². The zero-order valence-electron chi connectivity index (χ0n) is 16.1. The Morgan fingerprint density at radius 2 is 1.90 bits per heavy atom. The normalized spacial score (nSPS) is 12.3. The van der Waals surface area contributed by atoms with Crippen molar-refractivity contribution in [3.05, 3.63) is 69.4 Å². The van der Waals surface area contributed by atoms with Crippen LogP contribution >= 0.6 is 11.6 Å². The predicted octanol–water partition coefficient (Wildman–Crippen LogP) is 3.28. The van der Waals surface area contributed by atoms with Crippen LogP contribution in [-0.4, -0.2) is 32.0 Å². The Morgan fingerprint density at radius 1 is 1.19 bits per heavy atom. The van der Waals surface area contributed by atoms with E-state index < -0.39 is 24.1 Å². The van der Waals surface area contributed by atoms with Gasteiger partial charge < -0.3 is 10.1 Å². The van der Waals surface area contributed by atoms with E-state index in [9.17, 15) is 22.8 Å². The molecule has 2 heterocycles. The summed E-state index contributed by atoms with van der Waals surface area (Å²) in [4.78, 5) is 32.7. The minimum atomic E-state index is -4.93. The van der Waals surface area contributed by atoms with Gasteiger partial charge in [-0.25, -0.2) is 4.68 Å². The molecule has 0 aliphatic rings. The van der Waals surface area contributed by atoms with Crippen molar-refractivity contribution in [1.82, 2.24) is 25.1 Å². The third kappa shape index (κ3) is 5.57. The second-order valence-electron chi connectivity index (χ2n) is 6.39. The first kappa shape index (κ1) is 22.2.